The van der Waals surface area contributed by atoms with Gasteiger partial charge in [-0.25, -0.2) is 8.78 Å². The Morgan fingerprint density at radius 1 is 1.24 bits per heavy atom. The second-order valence-corrected chi connectivity index (χ2v) is 5.50. The van der Waals surface area contributed by atoms with Crippen LogP contribution in [0.5, 0.6) is 0 Å². The van der Waals surface area contributed by atoms with Crippen molar-refractivity contribution < 1.29 is 8.78 Å². The first kappa shape index (κ1) is 13.0. The summed E-state index contributed by atoms with van der Waals surface area (Å²) in [5.41, 5.74) is 5.93. The maximum atomic E-state index is 14.0. The Labute approximate surface area is 109 Å². The van der Waals surface area contributed by atoms with Crippen molar-refractivity contribution in [2.24, 2.45) is 11.7 Å². The van der Waals surface area contributed by atoms with Gasteiger partial charge < -0.3 is 5.73 Å². The second kappa shape index (κ2) is 5.44. The van der Waals surface area contributed by atoms with E-state index in [4.69, 9.17) is 5.73 Å². The molecule has 1 aromatic carbocycles. The summed E-state index contributed by atoms with van der Waals surface area (Å²) in [5, 5.41) is 0. The van der Waals surface area contributed by atoms with Gasteiger partial charge in [0.1, 0.15) is 11.6 Å². The van der Waals surface area contributed by atoms with Gasteiger partial charge in [0.15, 0.2) is 0 Å². The van der Waals surface area contributed by atoms with Crippen molar-refractivity contribution in [3.63, 3.8) is 0 Å². The Kier molecular flexibility index (Phi) is 4.15. The number of halogens is 3. The van der Waals surface area contributed by atoms with Gasteiger partial charge in [-0.2, -0.15) is 0 Å². The van der Waals surface area contributed by atoms with Crippen molar-refractivity contribution in [3.05, 3.63) is 33.8 Å². The molecule has 94 valence electrons. The highest BCUT2D eigenvalue weighted by Crippen LogP contribution is 2.40. The van der Waals surface area contributed by atoms with Crippen molar-refractivity contribution in [1.82, 2.24) is 0 Å². The third-order valence-electron chi connectivity index (χ3n) is 3.66. The molecular formula is C13H16BrF2N. The number of rotatable bonds is 2. The molecule has 1 aromatic rings. The average Bonchev–Trinajstić information content (AvgIpc) is 2.35. The SMILES string of the molecule is NCC1CCCCC1c1c(F)ccc(Br)c1F. The van der Waals surface area contributed by atoms with Crippen LogP contribution < -0.4 is 5.73 Å². The topological polar surface area (TPSA) is 26.0 Å². The van der Waals surface area contributed by atoms with Gasteiger partial charge >= 0.3 is 0 Å². The van der Waals surface area contributed by atoms with Gasteiger partial charge in [0.05, 0.1) is 4.47 Å². The molecule has 1 saturated carbocycles. The van der Waals surface area contributed by atoms with E-state index >= 15 is 0 Å². The van der Waals surface area contributed by atoms with E-state index in [1.165, 1.54) is 12.1 Å². The Morgan fingerprint density at radius 2 is 1.94 bits per heavy atom. The molecule has 0 aliphatic heterocycles. The lowest BCUT2D eigenvalue weighted by atomic mass is 9.75. The summed E-state index contributed by atoms with van der Waals surface area (Å²) in [6.45, 7) is 0.496. The van der Waals surface area contributed by atoms with Gasteiger partial charge in [-0.15, -0.1) is 0 Å². The molecule has 2 N–H and O–H groups in total. The molecule has 1 aliphatic rings. The molecule has 0 saturated heterocycles. The minimum Gasteiger partial charge on any atom is -0.330 e. The van der Waals surface area contributed by atoms with Gasteiger partial charge in [-0.05, 0) is 59.3 Å². The highest BCUT2D eigenvalue weighted by Gasteiger charge is 2.30. The number of nitrogens with two attached hydrogens (primary N) is 1. The fourth-order valence-corrected chi connectivity index (χ4v) is 3.10. The Bertz CT molecular complexity index is 409. The molecule has 2 atom stereocenters. The van der Waals surface area contributed by atoms with Crippen LogP contribution in [0.25, 0.3) is 0 Å². The predicted octanol–water partition coefficient (Wildman–Crippen LogP) is 3.96. The smallest absolute Gasteiger partial charge is 0.143 e. The molecular weight excluding hydrogens is 288 g/mol. The first-order valence-corrected chi connectivity index (χ1v) is 6.78. The van der Waals surface area contributed by atoms with Gasteiger partial charge in [-0.1, -0.05) is 12.8 Å². The quantitative estimate of drug-likeness (QED) is 0.822. The lowest BCUT2D eigenvalue weighted by molar-refractivity contribution is 0.300. The molecule has 0 spiro atoms. The summed E-state index contributed by atoms with van der Waals surface area (Å²) in [7, 11) is 0. The summed E-state index contributed by atoms with van der Waals surface area (Å²) in [5.74, 6) is -0.792. The van der Waals surface area contributed by atoms with Crippen molar-refractivity contribution in [2.75, 3.05) is 6.54 Å². The summed E-state index contributed by atoms with van der Waals surface area (Å²) >= 11 is 3.12. The molecule has 0 amide bonds. The Hall–Kier alpha value is -0.480. The van der Waals surface area contributed by atoms with Crippen molar-refractivity contribution in [3.8, 4) is 0 Å². The largest absolute Gasteiger partial charge is 0.330 e. The van der Waals surface area contributed by atoms with E-state index in [9.17, 15) is 8.78 Å². The molecule has 1 aliphatic carbocycles. The van der Waals surface area contributed by atoms with Gasteiger partial charge in [0, 0.05) is 5.56 Å². The third-order valence-corrected chi connectivity index (χ3v) is 4.27. The molecule has 2 unspecified atom stereocenters. The van der Waals surface area contributed by atoms with Crippen LogP contribution in [0.3, 0.4) is 0 Å². The first-order valence-electron chi connectivity index (χ1n) is 5.98. The van der Waals surface area contributed by atoms with E-state index in [1.807, 2.05) is 0 Å². The normalized spacial score (nSPS) is 24.9. The molecule has 1 fully saturated rings. The molecule has 0 radical (unpaired) electrons. The third kappa shape index (κ3) is 2.52. The lowest BCUT2D eigenvalue weighted by Gasteiger charge is -2.31. The van der Waals surface area contributed by atoms with E-state index in [0.717, 1.165) is 25.7 Å². The predicted molar refractivity (Wildman–Crippen MR) is 67.8 cm³/mol. The fourth-order valence-electron chi connectivity index (χ4n) is 2.75. The van der Waals surface area contributed by atoms with Gasteiger partial charge in [-0.3, -0.25) is 0 Å². The minimum atomic E-state index is -0.463. The summed E-state index contributed by atoms with van der Waals surface area (Å²) in [6, 6.07) is 2.74. The van der Waals surface area contributed by atoms with Crippen LogP contribution in [0, 0.1) is 17.6 Å². The van der Waals surface area contributed by atoms with Crippen LogP contribution >= 0.6 is 15.9 Å². The standard InChI is InChI=1S/C13H16BrF2N/c14-10-5-6-11(15)12(13(10)16)9-4-2-1-3-8(9)7-17/h5-6,8-9H,1-4,7,17H2. The number of hydrogen-bond acceptors (Lipinski definition) is 1. The zero-order valence-corrected chi connectivity index (χ0v) is 11.1. The Balaban J connectivity index is 2.41. The molecule has 1 nitrogen and oxygen atoms in total. The molecule has 2 rings (SSSR count). The molecule has 0 heterocycles. The summed E-state index contributed by atoms with van der Waals surface area (Å²) in [6.07, 6.45) is 3.92. The summed E-state index contributed by atoms with van der Waals surface area (Å²) in [4.78, 5) is 0. The molecule has 4 heteroatoms. The van der Waals surface area contributed by atoms with E-state index in [2.05, 4.69) is 15.9 Å². The van der Waals surface area contributed by atoms with Crippen LogP contribution in [-0.2, 0) is 0 Å². The number of hydrogen-bond donors (Lipinski definition) is 1. The van der Waals surface area contributed by atoms with Gasteiger partial charge in [0.2, 0.25) is 0 Å². The Morgan fingerprint density at radius 3 is 2.65 bits per heavy atom. The molecule has 17 heavy (non-hydrogen) atoms. The van der Waals surface area contributed by atoms with Crippen LogP contribution in [0.2, 0.25) is 0 Å². The molecule has 0 bridgehead atoms. The lowest BCUT2D eigenvalue weighted by Crippen LogP contribution is -2.26. The van der Waals surface area contributed by atoms with Crippen LogP contribution in [-0.4, -0.2) is 6.54 Å². The van der Waals surface area contributed by atoms with E-state index in [1.54, 1.807) is 0 Å². The van der Waals surface area contributed by atoms with Crippen molar-refractivity contribution in [1.29, 1.82) is 0 Å². The second-order valence-electron chi connectivity index (χ2n) is 4.64. The van der Waals surface area contributed by atoms with E-state index in [0.29, 0.717) is 11.0 Å². The first-order chi connectivity index (χ1) is 8.15. The highest BCUT2D eigenvalue weighted by atomic mass is 79.9. The van der Waals surface area contributed by atoms with Crippen LogP contribution in [0.15, 0.2) is 16.6 Å². The zero-order chi connectivity index (χ0) is 12.4. The number of benzene rings is 1. The zero-order valence-electron chi connectivity index (χ0n) is 9.56. The average molecular weight is 304 g/mol. The molecule has 0 aromatic heterocycles. The van der Waals surface area contributed by atoms with Crippen molar-refractivity contribution >= 4 is 15.9 Å². The fraction of sp³-hybridized carbons (Fsp3) is 0.538. The van der Waals surface area contributed by atoms with E-state index in [-0.39, 0.29) is 17.4 Å². The van der Waals surface area contributed by atoms with E-state index < -0.39 is 11.6 Å². The minimum absolute atomic E-state index is 0.0775. The van der Waals surface area contributed by atoms with Crippen LogP contribution in [0.1, 0.15) is 37.2 Å². The summed E-state index contributed by atoms with van der Waals surface area (Å²) < 4.78 is 28.2. The van der Waals surface area contributed by atoms with Crippen molar-refractivity contribution in [2.45, 2.75) is 31.6 Å². The van der Waals surface area contributed by atoms with Gasteiger partial charge in [0.25, 0.3) is 0 Å². The maximum Gasteiger partial charge on any atom is 0.143 e. The highest BCUT2D eigenvalue weighted by molar-refractivity contribution is 9.10. The monoisotopic (exact) mass is 303 g/mol. The maximum absolute atomic E-state index is 14.0. The van der Waals surface area contributed by atoms with Crippen LogP contribution in [0.4, 0.5) is 8.78 Å².